The van der Waals surface area contributed by atoms with Crippen molar-refractivity contribution in [3.8, 4) is 17.2 Å². The van der Waals surface area contributed by atoms with Gasteiger partial charge in [-0.25, -0.2) is 0 Å². The van der Waals surface area contributed by atoms with E-state index in [1.165, 1.54) is 116 Å². The molecule has 0 aliphatic heterocycles. The molecule has 0 heterocycles. The Morgan fingerprint density at radius 1 is 0.486 bits per heavy atom. The first-order valence-corrected chi connectivity index (χ1v) is 27.9. The molecule has 0 bridgehead atoms. The third kappa shape index (κ3) is 36.7. The van der Waals surface area contributed by atoms with Crippen LogP contribution in [0, 0.1) is 5.92 Å². The van der Waals surface area contributed by atoms with Crippen LogP contribution < -0.4 is 14.2 Å². The largest absolute Gasteiger partial charge is 0.493 e. The second-order valence-corrected chi connectivity index (χ2v) is 19.3. The normalized spacial score (nSPS) is 12.2. The summed E-state index contributed by atoms with van der Waals surface area (Å²) in [5.74, 6) is -0.868. The quantitative estimate of drug-likeness (QED) is 0.0154. The fourth-order valence-electron chi connectivity index (χ4n) is 8.28. The number of ether oxygens (including phenoxy) is 6. The van der Waals surface area contributed by atoms with Crippen LogP contribution in [0.1, 0.15) is 256 Å². The Bertz CT molecular complexity index is 1470. The van der Waals surface area contributed by atoms with Crippen molar-refractivity contribution in [2.45, 2.75) is 252 Å². The summed E-state index contributed by atoms with van der Waals surface area (Å²) in [5.41, 5.74) is 0.343. The Morgan fingerprint density at radius 3 is 1.26 bits per heavy atom. The number of carbonyl (C=O) groups excluding carboxylic acids is 5. The highest BCUT2D eigenvalue weighted by Gasteiger charge is 2.22. The van der Waals surface area contributed by atoms with Crippen LogP contribution in [0.3, 0.4) is 0 Å². The predicted octanol–water partition coefficient (Wildman–Crippen LogP) is 15.9. The molecule has 0 N–H and O–H groups in total. The van der Waals surface area contributed by atoms with Gasteiger partial charge in [-0.1, -0.05) is 173 Å². The van der Waals surface area contributed by atoms with Gasteiger partial charge in [0.25, 0.3) is 0 Å². The van der Waals surface area contributed by atoms with Crippen LogP contribution in [0.2, 0.25) is 0 Å². The van der Waals surface area contributed by atoms with Crippen molar-refractivity contribution >= 4 is 30.2 Å². The minimum atomic E-state index is -0.876. The first-order valence-electron chi connectivity index (χ1n) is 27.9. The molecule has 2 atom stereocenters. The minimum absolute atomic E-state index is 0.0414. The van der Waals surface area contributed by atoms with Crippen molar-refractivity contribution in [3.63, 3.8) is 0 Å². The highest BCUT2D eigenvalue weighted by Crippen LogP contribution is 2.38. The second kappa shape index (κ2) is 46.0. The fourth-order valence-corrected chi connectivity index (χ4v) is 8.28. The second-order valence-electron chi connectivity index (χ2n) is 19.3. The molecule has 1 aromatic rings. The predicted molar refractivity (Wildman–Crippen MR) is 283 cm³/mol. The zero-order valence-corrected chi connectivity index (χ0v) is 44.8. The Balaban J connectivity index is 2.46. The lowest BCUT2D eigenvalue weighted by atomic mass is 9.99. The number of benzene rings is 1. The molecule has 0 aromatic heterocycles. The zero-order valence-electron chi connectivity index (χ0n) is 44.8. The van der Waals surface area contributed by atoms with Gasteiger partial charge < -0.3 is 28.4 Å². The summed E-state index contributed by atoms with van der Waals surface area (Å²) in [7, 11) is 2.85. The number of carbonyl (C=O) groups is 5. The average molecular weight is 983 g/mol. The molecule has 0 amide bonds. The van der Waals surface area contributed by atoms with E-state index in [2.05, 4.69) is 38.2 Å². The zero-order chi connectivity index (χ0) is 51.1. The summed E-state index contributed by atoms with van der Waals surface area (Å²) in [5, 5.41) is 0. The Labute approximate surface area is 425 Å². The van der Waals surface area contributed by atoms with Crippen molar-refractivity contribution in [2.24, 2.45) is 5.92 Å². The first-order chi connectivity index (χ1) is 34.2. The number of methoxy groups -OCH3 is 2. The maximum atomic E-state index is 13.1. The number of rotatable bonds is 48. The standard InChI is InChI=1S/C59H98O11/c1-6-8-10-12-14-16-18-20-22-24-26-28-30-32-37-41-55(61)67-48-52(49-68-56(62)42-38-33-31-29-27-25-23-21-19-17-15-13-11-9-7-2)69-58(64)44-50(3)40-36-34-35-39-43-57(63)70-59-53(65-4)45-51(47-60)46-54(59)66-5/h20-23,45-47,50,52H,6-19,24-44,48-49H2,1-5H3/b22-20-,23-21?. The van der Waals surface area contributed by atoms with Crippen molar-refractivity contribution < 1.29 is 52.4 Å². The van der Waals surface area contributed by atoms with Crippen molar-refractivity contribution in [1.29, 1.82) is 0 Å². The molecular formula is C59H98O11. The molecule has 0 saturated heterocycles. The summed E-state index contributed by atoms with van der Waals surface area (Å²) in [6, 6.07) is 2.98. The molecule has 0 radical (unpaired) electrons. The maximum absolute atomic E-state index is 13.1. The molecule has 0 spiro atoms. The average Bonchev–Trinajstić information content (AvgIpc) is 3.35. The van der Waals surface area contributed by atoms with Crippen molar-refractivity contribution in [3.05, 3.63) is 42.0 Å². The Hall–Kier alpha value is -4.15. The van der Waals surface area contributed by atoms with Gasteiger partial charge in [-0.3, -0.25) is 24.0 Å². The van der Waals surface area contributed by atoms with E-state index >= 15 is 0 Å². The first kappa shape index (κ1) is 63.9. The number of hydrogen-bond acceptors (Lipinski definition) is 11. The molecule has 0 aliphatic carbocycles. The van der Waals surface area contributed by atoms with E-state index in [9.17, 15) is 24.0 Å². The maximum Gasteiger partial charge on any atom is 0.311 e. The fraction of sp³-hybridized carbons (Fsp3) is 0.746. The van der Waals surface area contributed by atoms with Gasteiger partial charge in [0.15, 0.2) is 17.6 Å². The summed E-state index contributed by atoms with van der Waals surface area (Å²) < 4.78 is 33.0. The van der Waals surface area contributed by atoms with E-state index in [1.54, 1.807) is 0 Å². The molecule has 70 heavy (non-hydrogen) atoms. The van der Waals surface area contributed by atoms with Crippen LogP contribution in [0.15, 0.2) is 36.4 Å². The van der Waals surface area contributed by atoms with E-state index in [4.69, 9.17) is 28.4 Å². The van der Waals surface area contributed by atoms with E-state index < -0.39 is 18.0 Å². The van der Waals surface area contributed by atoms with Crippen LogP contribution in [-0.4, -0.2) is 63.7 Å². The molecule has 11 heteroatoms. The summed E-state index contributed by atoms with van der Waals surface area (Å²) in [6.07, 6.45) is 44.6. The van der Waals surface area contributed by atoms with Crippen LogP contribution in [0.5, 0.6) is 17.2 Å². The monoisotopic (exact) mass is 983 g/mol. The summed E-state index contributed by atoms with van der Waals surface area (Å²) in [4.78, 5) is 62.4. The van der Waals surface area contributed by atoms with Crippen LogP contribution >= 0.6 is 0 Å². The number of allylic oxidation sites excluding steroid dienone is 4. The highest BCUT2D eigenvalue weighted by atomic mass is 16.6. The van der Waals surface area contributed by atoms with Crippen LogP contribution in [0.25, 0.3) is 0 Å². The lowest BCUT2D eigenvalue weighted by molar-refractivity contribution is -0.167. The molecular weight excluding hydrogens is 885 g/mol. The van der Waals surface area contributed by atoms with Crippen LogP contribution in [0.4, 0.5) is 0 Å². The smallest absolute Gasteiger partial charge is 0.311 e. The molecule has 0 aliphatic rings. The topological polar surface area (TPSA) is 141 Å². The Kier molecular flexibility index (Phi) is 41.9. The highest BCUT2D eigenvalue weighted by molar-refractivity contribution is 5.80. The molecule has 2 unspecified atom stereocenters. The number of aldehydes is 1. The summed E-state index contributed by atoms with van der Waals surface area (Å²) >= 11 is 0. The van der Waals surface area contributed by atoms with Gasteiger partial charge >= 0.3 is 23.9 Å². The van der Waals surface area contributed by atoms with Gasteiger partial charge in [-0.05, 0) is 88.7 Å². The van der Waals surface area contributed by atoms with E-state index in [-0.39, 0.29) is 61.2 Å². The number of esters is 4. The van der Waals surface area contributed by atoms with E-state index in [0.717, 1.165) is 103 Å². The van der Waals surface area contributed by atoms with Gasteiger partial charge in [0, 0.05) is 31.2 Å². The van der Waals surface area contributed by atoms with E-state index in [1.807, 2.05) is 6.92 Å². The number of hydrogen-bond donors (Lipinski definition) is 0. The molecule has 1 rings (SSSR count). The molecule has 1 aromatic carbocycles. The molecule has 0 saturated carbocycles. The van der Waals surface area contributed by atoms with Gasteiger partial charge in [-0.15, -0.1) is 0 Å². The third-order valence-electron chi connectivity index (χ3n) is 12.6. The van der Waals surface area contributed by atoms with Gasteiger partial charge in [-0.2, -0.15) is 0 Å². The molecule has 11 nitrogen and oxygen atoms in total. The summed E-state index contributed by atoms with van der Waals surface area (Å²) in [6.45, 7) is 6.18. The SMILES string of the molecule is CCCCCCCCC=CCCCCCCCC(=O)OCC(COC(=O)CCCCCCC/C=C\CCCCCCCC)OC(=O)CC(C)CCCCCCC(=O)Oc1c(OC)cc(C=O)cc1OC. The molecule has 400 valence electrons. The van der Waals surface area contributed by atoms with Gasteiger partial charge in [0.1, 0.15) is 19.5 Å². The third-order valence-corrected chi connectivity index (χ3v) is 12.6. The Morgan fingerprint density at radius 2 is 0.857 bits per heavy atom. The van der Waals surface area contributed by atoms with Crippen molar-refractivity contribution in [1.82, 2.24) is 0 Å². The molecule has 0 fully saturated rings. The lowest BCUT2D eigenvalue weighted by Gasteiger charge is -2.19. The number of unbranched alkanes of at least 4 members (excludes halogenated alkanes) is 25. The van der Waals surface area contributed by atoms with Gasteiger partial charge in [0.2, 0.25) is 5.75 Å². The van der Waals surface area contributed by atoms with Crippen LogP contribution in [-0.2, 0) is 33.4 Å². The lowest BCUT2D eigenvalue weighted by Crippen LogP contribution is -2.31. The minimum Gasteiger partial charge on any atom is -0.493 e. The van der Waals surface area contributed by atoms with E-state index in [0.29, 0.717) is 31.1 Å². The van der Waals surface area contributed by atoms with Crippen molar-refractivity contribution in [2.75, 3.05) is 27.4 Å². The van der Waals surface area contributed by atoms with Gasteiger partial charge in [0.05, 0.1) is 14.2 Å².